The lowest BCUT2D eigenvalue weighted by atomic mass is 9.83. The van der Waals surface area contributed by atoms with E-state index in [0.717, 1.165) is 10.4 Å². The highest BCUT2D eigenvalue weighted by Gasteiger charge is 2.39. The maximum absolute atomic E-state index is 13.9. The number of nitrogens with zero attached hydrogens (tertiary/aromatic N) is 4. The molecule has 10 heteroatoms. The largest absolute Gasteiger partial charge is 0.435 e. The lowest BCUT2D eigenvalue weighted by molar-refractivity contribution is -0.141. The molecule has 1 amide bonds. The number of nitrogens with one attached hydrogen (secondary N) is 1. The number of rotatable bonds is 6. The fourth-order valence-corrected chi connectivity index (χ4v) is 5.36. The summed E-state index contributed by atoms with van der Waals surface area (Å²) in [6, 6.07) is 10.9. The third-order valence-electron chi connectivity index (χ3n) is 5.94. The van der Waals surface area contributed by atoms with Crippen LogP contribution in [0.1, 0.15) is 39.4 Å². The first-order valence-electron chi connectivity index (χ1n) is 11.1. The van der Waals surface area contributed by atoms with Crippen LogP contribution in [0.4, 0.5) is 13.2 Å². The van der Waals surface area contributed by atoms with Crippen molar-refractivity contribution in [2.75, 3.05) is 20.1 Å². The molecule has 1 atom stereocenters. The summed E-state index contributed by atoms with van der Waals surface area (Å²) in [4.78, 5) is 16.0. The van der Waals surface area contributed by atoms with E-state index in [1.165, 1.54) is 28.3 Å². The Balaban J connectivity index is 1.83. The number of amides is 1. The SMILES string of the molecule is CCn1cc(-c2ccccc2[C@@H]2CN(C(=O)/C=C/CNC)Cc3sc(C#N)cc32)c(C(F)(F)F)n1. The Morgan fingerprint density at radius 1 is 1.31 bits per heavy atom. The van der Waals surface area contributed by atoms with Crippen molar-refractivity contribution in [3.8, 4) is 17.2 Å². The third kappa shape index (κ3) is 5.01. The Hall–Kier alpha value is -3.42. The molecule has 1 N–H and O–H groups in total. The summed E-state index contributed by atoms with van der Waals surface area (Å²) in [5, 5.41) is 16.2. The first-order valence-corrected chi connectivity index (χ1v) is 11.9. The molecule has 0 saturated heterocycles. The summed E-state index contributed by atoms with van der Waals surface area (Å²) in [5.41, 5.74) is 1.02. The zero-order chi connectivity index (χ0) is 25.2. The minimum atomic E-state index is -4.61. The van der Waals surface area contributed by atoms with Crippen LogP contribution in [0.15, 0.2) is 48.7 Å². The number of alkyl halides is 3. The van der Waals surface area contributed by atoms with Crippen LogP contribution in [0.25, 0.3) is 11.1 Å². The second-order valence-corrected chi connectivity index (χ2v) is 9.30. The quantitative estimate of drug-likeness (QED) is 0.496. The minimum absolute atomic E-state index is 0.00426. The number of hydrogen-bond acceptors (Lipinski definition) is 5. The molecule has 1 aliphatic rings. The van der Waals surface area contributed by atoms with Crippen molar-refractivity contribution in [2.45, 2.75) is 32.1 Å². The molecule has 0 aliphatic carbocycles. The number of hydrogen-bond donors (Lipinski definition) is 1. The Labute approximate surface area is 205 Å². The molecule has 0 fully saturated rings. The predicted molar refractivity (Wildman–Crippen MR) is 128 cm³/mol. The molecule has 0 unspecified atom stereocenters. The third-order valence-corrected chi connectivity index (χ3v) is 6.98. The van der Waals surface area contributed by atoms with E-state index in [0.29, 0.717) is 35.6 Å². The molecular weight excluding hydrogens is 475 g/mol. The van der Waals surface area contributed by atoms with Gasteiger partial charge in [-0.25, -0.2) is 0 Å². The average Bonchev–Trinajstić information content (AvgIpc) is 3.47. The monoisotopic (exact) mass is 499 g/mol. The van der Waals surface area contributed by atoms with Gasteiger partial charge in [-0.3, -0.25) is 9.48 Å². The van der Waals surface area contributed by atoms with E-state index >= 15 is 0 Å². The normalized spacial score (nSPS) is 15.9. The maximum Gasteiger partial charge on any atom is 0.435 e. The minimum Gasteiger partial charge on any atom is -0.333 e. The predicted octanol–water partition coefficient (Wildman–Crippen LogP) is 4.77. The van der Waals surface area contributed by atoms with Crippen LogP contribution in [0.2, 0.25) is 0 Å². The number of carbonyl (C=O) groups is 1. The Morgan fingerprint density at radius 2 is 2.09 bits per heavy atom. The lowest BCUT2D eigenvalue weighted by Gasteiger charge is -2.33. The van der Waals surface area contributed by atoms with Crippen molar-refractivity contribution in [1.29, 1.82) is 5.26 Å². The van der Waals surface area contributed by atoms with E-state index in [4.69, 9.17) is 0 Å². The van der Waals surface area contributed by atoms with Gasteiger partial charge in [-0.05, 0) is 36.7 Å². The first-order chi connectivity index (χ1) is 16.8. The van der Waals surface area contributed by atoms with Crippen LogP contribution in [-0.4, -0.2) is 40.7 Å². The molecule has 3 heterocycles. The molecule has 6 nitrogen and oxygen atoms in total. The van der Waals surface area contributed by atoms with Crippen molar-refractivity contribution >= 4 is 17.2 Å². The fraction of sp³-hybridized carbons (Fsp3) is 0.320. The van der Waals surface area contributed by atoms with Gasteiger partial charge in [0.2, 0.25) is 5.91 Å². The highest BCUT2D eigenvalue weighted by atomic mass is 32.1. The van der Waals surface area contributed by atoms with Crippen LogP contribution in [0.3, 0.4) is 0 Å². The molecule has 0 spiro atoms. The second-order valence-electron chi connectivity index (χ2n) is 8.16. The standard InChI is InChI=1S/C25H24F3N5OS/c1-3-33-14-21(24(31-33)25(26,27)28)18-8-5-4-7-17(18)20-13-32(23(34)9-6-10-30-2)15-22-19(20)11-16(12-29)35-22/h4-9,11,14,20,30H,3,10,13,15H2,1-2H3/b9-6+/t20-/m0/s1. The second kappa shape index (κ2) is 10.1. The van der Waals surface area contributed by atoms with E-state index in [2.05, 4.69) is 16.5 Å². The number of fused-ring (bicyclic) bond motifs is 1. The highest BCUT2D eigenvalue weighted by molar-refractivity contribution is 7.12. The van der Waals surface area contributed by atoms with Gasteiger partial charge in [-0.1, -0.05) is 30.3 Å². The van der Waals surface area contributed by atoms with Crippen LogP contribution < -0.4 is 5.32 Å². The van der Waals surface area contributed by atoms with Gasteiger partial charge in [0.05, 0.1) is 6.54 Å². The van der Waals surface area contributed by atoms with Crippen molar-refractivity contribution in [1.82, 2.24) is 20.0 Å². The lowest BCUT2D eigenvalue weighted by Crippen LogP contribution is -2.37. The fourth-order valence-electron chi connectivity index (χ4n) is 4.33. The van der Waals surface area contributed by atoms with E-state index in [1.54, 1.807) is 55.3 Å². The average molecular weight is 500 g/mol. The van der Waals surface area contributed by atoms with Gasteiger partial charge in [-0.2, -0.15) is 23.5 Å². The van der Waals surface area contributed by atoms with Gasteiger partial charge in [0, 0.05) is 48.3 Å². The summed E-state index contributed by atoms with van der Waals surface area (Å²) in [6.45, 7) is 3.21. The molecular formula is C25H24F3N5OS. The molecule has 182 valence electrons. The smallest absolute Gasteiger partial charge is 0.333 e. The van der Waals surface area contributed by atoms with Crippen LogP contribution >= 0.6 is 11.3 Å². The van der Waals surface area contributed by atoms with E-state index in [-0.39, 0.29) is 23.9 Å². The summed E-state index contributed by atoms with van der Waals surface area (Å²) < 4.78 is 42.9. The first kappa shape index (κ1) is 24.7. The number of benzene rings is 1. The summed E-state index contributed by atoms with van der Waals surface area (Å²) in [7, 11) is 1.78. The Kier molecular flexibility index (Phi) is 7.10. The van der Waals surface area contributed by atoms with E-state index < -0.39 is 11.9 Å². The van der Waals surface area contributed by atoms with Gasteiger partial charge in [0.15, 0.2) is 5.69 Å². The topological polar surface area (TPSA) is 74.0 Å². The highest BCUT2D eigenvalue weighted by Crippen LogP contribution is 2.44. The molecule has 4 rings (SSSR count). The molecule has 0 radical (unpaired) electrons. The molecule has 0 saturated carbocycles. The van der Waals surface area contributed by atoms with Crippen LogP contribution in [-0.2, 0) is 24.1 Å². The Bertz CT molecular complexity index is 1300. The van der Waals surface area contributed by atoms with Crippen molar-refractivity contribution in [3.63, 3.8) is 0 Å². The van der Waals surface area contributed by atoms with Gasteiger partial charge in [-0.15, -0.1) is 11.3 Å². The number of aromatic nitrogens is 2. The van der Waals surface area contributed by atoms with E-state index in [1.807, 2.05) is 0 Å². The van der Waals surface area contributed by atoms with Gasteiger partial charge in [0.25, 0.3) is 0 Å². The Morgan fingerprint density at radius 3 is 2.77 bits per heavy atom. The number of nitriles is 1. The van der Waals surface area contributed by atoms with Crippen LogP contribution in [0, 0.1) is 11.3 Å². The molecule has 1 aromatic carbocycles. The summed E-state index contributed by atoms with van der Waals surface area (Å²) in [6.07, 6.45) is 0.0289. The van der Waals surface area contributed by atoms with Crippen LogP contribution in [0.5, 0.6) is 0 Å². The number of halogens is 3. The number of aryl methyl sites for hydroxylation is 1. The van der Waals surface area contributed by atoms with Crippen molar-refractivity contribution in [3.05, 3.63) is 75.3 Å². The van der Waals surface area contributed by atoms with Gasteiger partial charge < -0.3 is 10.2 Å². The van der Waals surface area contributed by atoms with E-state index in [9.17, 15) is 23.2 Å². The molecule has 1 aliphatic heterocycles. The zero-order valence-corrected chi connectivity index (χ0v) is 20.1. The number of thiophene rings is 1. The summed E-state index contributed by atoms with van der Waals surface area (Å²) >= 11 is 1.31. The zero-order valence-electron chi connectivity index (χ0n) is 19.3. The van der Waals surface area contributed by atoms with Gasteiger partial charge >= 0.3 is 6.18 Å². The number of carbonyl (C=O) groups excluding carboxylic acids is 1. The molecule has 3 aromatic rings. The van der Waals surface area contributed by atoms with Crippen molar-refractivity contribution in [2.24, 2.45) is 0 Å². The van der Waals surface area contributed by atoms with Crippen molar-refractivity contribution < 1.29 is 18.0 Å². The molecule has 2 aromatic heterocycles. The molecule has 35 heavy (non-hydrogen) atoms. The summed E-state index contributed by atoms with van der Waals surface area (Å²) in [5.74, 6) is -0.573. The molecule has 0 bridgehead atoms. The maximum atomic E-state index is 13.9. The number of likely N-dealkylation sites (N-methyl/N-ethyl adjacent to an activating group) is 1. The van der Waals surface area contributed by atoms with Gasteiger partial charge in [0.1, 0.15) is 10.9 Å².